The van der Waals surface area contributed by atoms with Crippen LogP contribution >= 0.6 is 22.9 Å². The summed E-state index contributed by atoms with van der Waals surface area (Å²) in [5, 5.41) is 7.93. The van der Waals surface area contributed by atoms with E-state index in [0.717, 1.165) is 22.5 Å². The molecule has 3 aromatic carbocycles. The topological polar surface area (TPSA) is 167 Å². The van der Waals surface area contributed by atoms with Crippen molar-refractivity contribution in [3.05, 3.63) is 111 Å². The highest BCUT2D eigenvalue weighted by molar-refractivity contribution is 7.90. The molecule has 1 aromatic heterocycles. The van der Waals surface area contributed by atoms with Gasteiger partial charge in [0.05, 0.1) is 23.7 Å². The Kier molecular flexibility index (Phi) is 11.5. The van der Waals surface area contributed by atoms with E-state index in [1.54, 1.807) is 29.6 Å². The summed E-state index contributed by atoms with van der Waals surface area (Å²) in [7, 11) is -2.52. The molecular weight excluding hydrogens is 648 g/mol. The van der Waals surface area contributed by atoms with Crippen LogP contribution in [0.15, 0.2) is 89.1 Å². The molecule has 44 heavy (non-hydrogen) atoms. The van der Waals surface area contributed by atoms with E-state index in [9.17, 15) is 26.8 Å². The Morgan fingerprint density at radius 2 is 1.64 bits per heavy atom. The van der Waals surface area contributed by atoms with E-state index in [0.29, 0.717) is 21.4 Å². The van der Waals surface area contributed by atoms with Crippen LogP contribution in [0.1, 0.15) is 27.9 Å². The van der Waals surface area contributed by atoms with Gasteiger partial charge in [-0.2, -0.15) is 0 Å². The van der Waals surface area contributed by atoms with Gasteiger partial charge >= 0.3 is 6.09 Å². The van der Waals surface area contributed by atoms with Crippen LogP contribution in [0.2, 0.25) is 5.02 Å². The molecule has 0 bridgehead atoms. The Morgan fingerprint density at radius 3 is 2.27 bits per heavy atom. The maximum Gasteiger partial charge on any atom is 0.407 e. The number of amides is 2. The quantitative estimate of drug-likeness (QED) is 0.176. The first-order chi connectivity index (χ1) is 21.0. The number of hydrogen-bond donors (Lipinski definition) is 3. The first-order valence-electron chi connectivity index (χ1n) is 13.1. The summed E-state index contributed by atoms with van der Waals surface area (Å²) < 4.78 is 55.0. The molecule has 0 radical (unpaired) electrons. The first-order valence-corrected chi connectivity index (χ1v) is 17.1. The van der Waals surface area contributed by atoms with Crippen LogP contribution in [0.25, 0.3) is 0 Å². The number of carbonyl (C=O) groups excluding carboxylic acids is 2. The van der Waals surface area contributed by atoms with E-state index in [4.69, 9.17) is 16.3 Å². The van der Waals surface area contributed by atoms with Crippen molar-refractivity contribution in [3.8, 4) is 0 Å². The number of aromatic nitrogens is 1. The zero-order valence-corrected chi connectivity index (χ0v) is 26.5. The second kappa shape index (κ2) is 15.3. The van der Waals surface area contributed by atoms with E-state index in [2.05, 4.69) is 20.3 Å². The van der Waals surface area contributed by atoms with Gasteiger partial charge in [0.1, 0.15) is 16.8 Å². The van der Waals surface area contributed by atoms with Crippen molar-refractivity contribution in [2.75, 3.05) is 11.8 Å². The van der Waals surface area contributed by atoms with Crippen molar-refractivity contribution in [3.63, 3.8) is 0 Å². The van der Waals surface area contributed by atoms with E-state index >= 15 is 0 Å². The maximum atomic E-state index is 13.6. The minimum atomic E-state index is -3.72. The number of sulfone groups is 1. The minimum Gasteiger partial charge on any atom is -0.755 e. The van der Waals surface area contributed by atoms with Gasteiger partial charge in [-0.05, 0) is 53.9 Å². The number of anilines is 1. The standard InChI is InChI=1S/C29H29ClN4O7S3/c1-41-29(36)33-25(16-19-5-3-2-4-6-19)28(35)32-24(15-20-7-11-22(12-8-20)34-43(37)38)26-17-42-27(31-26)18-44(39,40)23-13-9-21(30)10-14-23/h2-14,17,24-25,34H,15-16,18H2,1H3,(H,32,35)(H,33,36)(H,37,38)/p-1/t24-,25-/m0/s1. The smallest absolute Gasteiger partial charge is 0.407 e. The van der Waals surface area contributed by atoms with Crippen molar-refractivity contribution in [2.45, 2.75) is 35.6 Å². The number of hydrogen-bond acceptors (Lipinski definition) is 9. The third-order valence-corrected chi connectivity index (χ3v) is 9.75. The number of methoxy groups -OCH3 is 1. The molecule has 4 aromatic rings. The predicted octanol–water partition coefficient (Wildman–Crippen LogP) is 4.34. The Hall–Kier alpha value is -3.82. The number of nitrogens with zero attached hydrogens (tertiary/aromatic N) is 1. The number of nitrogens with one attached hydrogen (secondary N) is 3. The molecule has 1 heterocycles. The maximum absolute atomic E-state index is 13.6. The van der Waals surface area contributed by atoms with Crippen molar-refractivity contribution >= 4 is 61.7 Å². The third-order valence-electron chi connectivity index (χ3n) is 6.40. The van der Waals surface area contributed by atoms with Crippen LogP contribution in [-0.4, -0.2) is 47.3 Å². The van der Waals surface area contributed by atoms with Crippen molar-refractivity contribution in [1.82, 2.24) is 15.6 Å². The number of carbonyl (C=O) groups is 2. The third kappa shape index (κ3) is 9.59. The number of benzene rings is 3. The molecule has 0 fully saturated rings. The molecule has 4 rings (SSSR count). The van der Waals surface area contributed by atoms with Gasteiger partial charge in [0.25, 0.3) is 0 Å². The lowest BCUT2D eigenvalue weighted by molar-refractivity contribution is -0.123. The Bertz CT molecular complexity index is 1700. The lowest BCUT2D eigenvalue weighted by Crippen LogP contribution is -2.49. The molecule has 11 nitrogen and oxygen atoms in total. The van der Waals surface area contributed by atoms with E-state index in [-0.39, 0.29) is 23.5 Å². The average molecular weight is 676 g/mol. The van der Waals surface area contributed by atoms with E-state index < -0.39 is 45.2 Å². The Labute approximate surface area is 266 Å². The normalized spacial score (nSPS) is 13.3. The molecule has 1 unspecified atom stereocenters. The van der Waals surface area contributed by atoms with Gasteiger partial charge in [0.2, 0.25) is 5.91 Å². The summed E-state index contributed by atoms with van der Waals surface area (Å²) in [4.78, 5) is 30.4. The van der Waals surface area contributed by atoms with Gasteiger partial charge in [-0.1, -0.05) is 54.1 Å². The molecule has 232 valence electrons. The van der Waals surface area contributed by atoms with Crippen LogP contribution < -0.4 is 15.4 Å². The van der Waals surface area contributed by atoms with Crippen molar-refractivity contribution in [2.24, 2.45) is 0 Å². The zero-order chi connectivity index (χ0) is 31.7. The highest BCUT2D eigenvalue weighted by Gasteiger charge is 2.27. The number of rotatable bonds is 13. The average Bonchev–Trinajstić information content (AvgIpc) is 3.45. The monoisotopic (exact) mass is 675 g/mol. The Morgan fingerprint density at radius 1 is 0.977 bits per heavy atom. The molecule has 3 atom stereocenters. The Balaban J connectivity index is 1.60. The van der Waals surface area contributed by atoms with Crippen LogP contribution in [-0.2, 0) is 49.2 Å². The van der Waals surface area contributed by atoms with Crippen LogP contribution in [0.5, 0.6) is 0 Å². The number of halogens is 1. The second-order valence-corrected chi connectivity index (χ2v) is 13.6. The zero-order valence-electron chi connectivity index (χ0n) is 23.3. The summed E-state index contributed by atoms with van der Waals surface area (Å²) in [5.74, 6) is -0.861. The number of alkyl carbamates (subject to hydrolysis) is 1. The van der Waals surface area contributed by atoms with Gasteiger partial charge in [-0.25, -0.2) is 18.2 Å². The predicted molar refractivity (Wildman–Crippen MR) is 168 cm³/mol. The molecule has 0 aliphatic heterocycles. The van der Waals surface area contributed by atoms with Gasteiger partial charge in [-0.3, -0.25) is 9.00 Å². The fraction of sp³-hybridized carbons (Fsp3) is 0.207. The van der Waals surface area contributed by atoms with Gasteiger partial charge in [0.15, 0.2) is 9.84 Å². The number of thiazole rings is 1. The lowest BCUT2D eigenvalue weighted by Gasteiger charge is -2.23. The van der Waals surface area contributed by atoms with Gasteiger partial charge in [-0.15, -0.1) is 11.3 Å². The fourth-order valence-electron chi connectivity index (χ4n) is 4.24. The highest BCUT2D eigenvalue weighted by Crippen LogP contribution is 2.26. The molecule has 0 saturated carbocycles. The summed E-state index contributed by atoms with van der Waals surface area (Å²) in [6, 6.07) is 19.8. The molecule has 2 amide bonds. The number of ether oxygens (including phenoxy) is 1. The summed E-state index contributed by atoms with van der Waals surface area (Å²) in [6.45, 7) is 0. The summed E-state index contributed by atoms with van der Waals surface area (Å²) in [6.07, 6.45) is -0.363. The molecule has 0 aliphatic carbocycles. The fourth-order valence-corrected chi connectivity index (χ4v) is 7.17. The minimum absolute atomic E-state index is 0.105. The van der Waals surface area contributed by atoms with Gasteiger partial charge < -0.3 is 24.6 Å². The summed E-state index contributed by atoms with van der Waals surface area (Å²) >= 11 is 4.55. The molecule has 3 N–H and O–H groups in total. The largest absolute Gasteiger partial charge is 0.755 e. The second-order valence-electron chi connectivity index (χ2n) is 9.56. The highest BCUT2D eigenvalue weighted by atomic mass is 35.5. The first kappa shape index (κ1) is 33.1. The van der Waals surface area contributed by atoms with E-state index in [1.165, 1.54) is 31.4 Å². The van der Waals surface area contributed by atoms with Crippen LogP contribution in [0, 0.1) is 0 Å². The van der Waals surface area contributed by atoms with Crippen LogP contribution in [0.4, 0.5) is 10.5 Å². The molecule has 0 spiro atoms. The summed E-state index contributed by atoms with van der Waals surface area (Å²) in [5.41, 5.74) is 2.32. The van der Waals surface area contributed by atoms with Crippen molar-refractivity contribution < 1.29 is 31.5 Å². The molecule has 0 aliphatic rings. The van der Waals surface area contributed by atoms with Gasteiger partial charge in [0, 0.05) is 33.8 Å². The SMILES string of the molecule is COC(=O)N[C@@H](Cc1ccccc1)C(=O)N[C@@H](Cc1ccc(NS(=O)[O-])cc1)c1csc(CS(=O)(=O)c2ccc(Cl)cc2)n1. The molecule has 15 heteroatoms. The molecular formula is C29H28ClN4O7S3-. The van der Waals surface area contributed by atoms with E-state index in [1.807, 2.05) is 30.3 Å². The lowest BCUT2D eigenvalue weighted by atomic mass is 10.0. The van der Waals surface area contributed by atoms with Crippen LogP contribution in [0.3, 0.4) is 0 Å². The molecule has 0 saturated heterocycles. The van der Waals surface area contributed by atoms with Crippen molar-refractivity contribution in [1.29, 1.82) is 0 Å².